The molecule has 0 bridgehead atoms. The molecule has 114 valence electrons. The van der Waals surface area contributed by atoms with Gasteiger partial charge in [-0.1, -0.05) is 13.3 Å². The fourth-order valence-electron chi connectivity index (χ4n) is 1.39. The van der Waals surface area contributed by atoms with Crippen molar-refractivity contribution in [2.75, 3.05) is 13.2 Å². The minimum atomic E-state index is -0.815. The summed E-state index contributed by atoms with van der Waals surface area (Å²) in [7, 11) is 0. The largest absolute Gasteiger partial charge is 0.475 e. The highest BCUT2D eigenvalue weighted by molar-refractivity contribution is 5.71. The van der Waals surface area contributed by atoms with Gasteiger partial charge in [-0.2, -0.15) is 0 Å². The first kappa shape index (κ1) is 16.3. The van der Waals surface area contributed by atoms with Crippen molar-refractivity contribution in [2.45, 2.75) is 19.8 Å². The molecule has 0 saturated carbocycles. The molecule has 0 heterocycles. The zero-order chi connectivity index (χ0) is 15.8. The van der Waals surface area contributed by atoms with Crippen molar-refractivity contribution >= 4 is 17.3 Å². The molecule has 0 N–H and O–H groups in total. The summed E-state index contributed by atoms with van der Waals surface area (Å²) in [6, 6.07) is 2.91. The Balaban J connectivity index is 2.72. The van der Waals surface area contributed by atoms with Crippen LogP contribution in [-0.4, -0.2) is 29.0 Å². The molecule has 1 aromatic rings. The van der Waals surface area contributed by atoms with Gasteiger partial charge in [0.05, 0.1) is 22.5 Å². The molecule has 0 atom stereocenters. The van der Waals surface area contributed by atoms with Crippen LogP contribution in [0.1, 0.15) is 19.8 Å². The van der Waals surface area contributed by atoms with Crippen LogP contribution in [0, 0.1) is 20.2 Å². The summed E-state index contributed by atoms with van der Waals surface area (Å²) >= 11 is 0. The number of nitro benzene ring substituents is 2. The first-order valence-electron chi connectivity index (χ1n) is 6.17. The molecule has 0 spiro atoms. The van der Waals surface area contributed by atoms with E-state index in [1.807, 2.05) is 6.92 Å². The summed E-state index contributed by atoms with van der Waals surface area (Å²) < 4.78 is 9.81. The van der Waals surface area contributed by atoms with Crippen LogP contribution in [-0.2, 0) is 9.53 Å². The smallest absolute Gasteiger partial charge is 0.344 e. The van der Waals surface area contributed by atoms with Crippen LogP contribution in [0.25, 0.3) is 0 Å². The number of non-ortho nitro benzene ring substituents is 1. The Morgan fingerprint density at radius 1 is 1.24 bits per heavy atom. The van der Waals surface area contributed by atoms with Crippen LogP contribution < -0.4 is 4.74 Å². The lowest BCUT2D eigenvalue weighted by molar-refractivity contribution is -0.394. The third-order valence-electron chi connectivity index (χ3n) is 2.46. The van der Waals surface area contributed by atoms with Crippen molar-refractivity contribution in [3.63, 3.8) is 0 Å². The minimum Gasteiger partial charge on any atom is -0.475 e. The van der Waals surface area contributed by atoms with E-state index in [9.17, 15) is 25.0 Å². The van der Waals surface area contributed by atoms with Crippen LogP contribution in [0.4, 0.5) is 11.4 Å². The highest BCUT2D eigenvalue weighted by Crippen LogP contribution is 2.30. The molecule has 0 aliphatic carbocycles. The molecule has 0 amide bonds. The molecule has 1 aromatic carbocycles. The third-order valence-corrected chi connectivity index (χ3v) is 2.46. The van der Waals surface area contributed by atoms with E-state index in [-0.39, 0.29) is 12.4 Å². The fourth-order valence-corrected chi connectivity index (χ4v) is 1.39. The molecule has 0 saturated heterocycles. The summed E-state index contributed by atoms with van der Waals surface area (Å²) in [5, 5.41) is 21.4. The summed E-state index contributed by atoms with van der Waals surface area (Å²) in [6.07, 6.45) is 1.57. The Morgan fingerprint density at radius 3 is 2.52 bits per heavy atom. The number of benzene rings is 1. The fraction of sp³-hybridized carbons (Fsp3) is 0.417. The maximum Gasteiger partial charge on any atom is 0.344 e. The quantitative estimate of drug-likeness (QED) is 0.312. The zero-order valence-corrected chi connectivity index (χ0v) is 11.3. The molecule has 0 aliphatic heterocycles. The highest BCUT2D eigenvalue weighted by Gasteiger charge is 2.21. The molecule has 1 rings (SSSR count). The monoisotopic (exact) mass is 298 g/mol. The average Bonchev–Trinajstić information content (AvgIpc) is 2.45. The summed E-state index contributed by atoms with van der Waals surface area (Å²) in [5.74, 6) is -0.880. The van der Waals surface area contributed by atoms with Gasteiger partial charge in [0, 0.05) is 6.07 Å². The van der Waals surface area contributed by atoms with Crippen LogP contribution in [0.3, 0.4) is 0 Å². The van der Waals surface area contributed by atoms with Gasteiger partial charge in [-0.15, -0.1) is 0 Å². The van der Waals surface area contributed by atoms with E-state index in [4.69, 9.17) is 9.47 Å². The highest BCUT2D eigenvalue weighted by atomic mass is 16.6. The molecule has 0 unspecified atom stereocenters. The Morgan fingerprint density at radius 2 is 1.95 bits per heavy atom. The van der Waals surface area contributed by atoms with E-state index in [0.717, 1.165) is 24.6 Å². The molecular weight excluding hydrogens is 284 g/mol. The van der Waals surface area contributed by atoms with Gasteiger partial charge in [-0.05, 0) is 12.5 Å². The van der Waals surface area contributed by atoms with Gasteiger partial charge in [0.2, 0.25) is 0 Å². The van der Waals surface area contributed by atoms with Gasteiger partial charge >= 0.3 is 11.7 Å². The molecule has 0 aliphatic rings. The van der Waals surface area contributed by atoms with E-state index in [2.05, 4.69) is 0 Å². The third kappa shape index (κ3) is 5.05. The van der Waals surface area contributed by atoms with Crippen LogP contribution in [0.5, 0.6) is 5.75 Å². The number of ether oxygens (including phenoxy) is 2. The molecule has 0 aromatic heterocycles. The normalized spacial score (nSPS) is 9.95. The number of nitrogens with zero attached hydrogens (tertiary/aromatic N) is 2. The standard InChI is InChI=1S/C12H14N2O7/c1-2-3-6-20-12(15)8-21-11-5-4-9(13(16)17)7-10(11)14(18)19/h4-5,7H,2-3,6,8H2,1H3. The van der Waals surface area contributed by atoms with Crippen molar-refractivity contribution in [3.05, 3.63) is 38.4 Å². The van der Waals surface area contributed by atoms with Crippen LogP contribution >= 0.6 is 0 Å². The Kier molecular flexibility index (Phi) is 6.05. The number of nitro groups is 2. The Labute approximate surface area is 119 Å². The van der Waals surface area contributed by atoms with Crippen molar-refractivity contribution in [1.29, 1.82) is 0 Å². The van der Waals surface area contributed by atoms with Crippen molar-refractivity contribution in [1.82, 2.24) is 0 Å². The van der Waals surface area contributed by atoms with Crippen molar-refractivity contribution in [3.8, 4) is 5.75 Å². The minimum absolute atomic E-state index is 0.224. The van der Waals surface area contributed by atoms with Gasteiger partial charge in [-0.25, -0.2) is 4.79 Å². The predicted molar refractivity (Wildman–Crippen MR) is 71.1 cm³/mol. The topological polar surface area (TPSA) is 122 Å². The molecule has 0 radical (unpaired) electrons. The summed E-state index contributed by atoms with van der Waals surface area (Å²) in [6.45, 7) is 1.69. The van der Waals surface area contributed by atoms with Crippen LogP contribution in [0.2, 0.25) is 0 Å². The number of unbranched alkanes of at least 4 members (excludes halogenated alkanes) is 1. The lowest BCUT2D eigenvalue weighted by Crippen LogP contribution is -2.16. The van der Waals surface area contributed by atoms with E-state index in [1.54, 1.807) is 0 Å². The number of carbonyl (C=O) groups excluding carboxylic acids is 1. The second-order valence-corrected chi connectivity index (χ2v) is 4.03. The van der Waals surface area contributed by atoms with E-state index >= 15 is 0 Å². The second kappa shape index (κ2) is 7.78. The van der Waals surface area contributed by atoms with E-state index < -0.39 is 33.8 Å². The van der Waals surface area contributed by atoms with Gasteiger partial charge in [0.25, 0.3) is 5.69 Å². The molecule has 0 fully saturated rings. The number of hydrogen-bond acceptors (Lipinski definition) is 7. The lowest BCUT2D eigenvalue weighted by Gasteiger charge is -2.07. The zero-order valence-electron chi connectivity index (χ0n) is 11.3. The van der Waals surface area contributed by atoms with Gasteiger partial charge in [-0.3, -0.25) is 20.2 Å². The van der Waals surface area contributed by atoms with Crippen LogP contribution in [0.15, 0.2) is 18.2 Å². The average molecular weight is 298 g/mol. The molecule has 9 heteroatoms. The van der Waals surface area contributed by atoms with E-state index in [0.29, 0.717) is 6.42 Å². The number of hydrogen-bond donors (Lipinski definition) is 0. The van der Waals surface area contributed by atoms with Crippen molar-refractivity contribution < 1.29 is 24.1 Å². The molecular formula is C12H14N2O7. The summed E-state index contributed by atoms with van der Waals surface area (Å²) in [5.41, 5.74) is -1.01. The maximum absolute atomic E-state index is 11.3. The van der Waals surface area contributed by atoms with Gasteiger partial charge < -0.3 is 9.47 Å². The second-order valence-electron chi connectivity index (χ2n) is 4.03. The van der Waals surface area contributed by atoms with Gasteiger partial charge in [0.1, 0.15) is 0 Å². The number of carbonyl (C=O) groups is 1. The van der Waals surface area contributed by atoms with E-state index in [1.165, 1.54) is 0 Å². The first-order valence-corrected chi connectivity index (χ1v) is 6.17. The Hall–Kier alpha value is -2.71. The molecule has 9 nitrogen and oxygen atoms in total. The lowest BCUT2D eigenvalue weighted by atomic mass is 10.2. The van der Waals surface area contributed by atoms with Gasteiger partial charge in [0.15, 0.2) is 12.4 Å². The SMILES string of the molecule is CCCCOC(=O)COc1ccc([N+](=O)[O-])cc1[N+](=O)[O-]. The molecule has 21 heavy (non-hydrogen) atoms. The summed E-state index contributed by atoms with van der Waals surface area (Å²) in [4.78, 5) is 31.2. The number of esters is 1. The first-order chi connectivity index (χ1) is 9.95. The predicted octanol–water partition coefficient (Wildman–Crippen LogP) is 2.23. The number of rotatable bonds is 8. The Bertz CT molecular complexity index is 544. The van der Waals surface area contributed by atoms with Crippen molar-refractivity contribution in [2.24, 2.45) is 0 Å². The maximum atomic E-state index is 11.3.